The van der Waals surface area contributed by atoms with E-state index >= 15 is 0 Å². The van der Waals surface area contributed by atoms with Crippen LogP contribution in [0.4, 0.5) is 0 Å². The van der Waals surface area contributed by atoms with E-state index < -0.39 is 0 Å². The predicted octanol–water partition coefficient (Wildman–Crippen LogP) is 1.15. The van der Waals surface area contributed by atoms with E-state index in [1.165, 1.54) is 45.4 Å². The van der Waals surface area contributed by atoms with Gasteiger partial charge in [0.05, 0.1) is 0 Å². The zero-order chi connectivity index (χ0) is 11.5. The summed E-state index contributed by atoms with van der Waals surface area (Å²) in [5, 5.41) is 3.47. The molecule has 0 amide bonds. The largest absolute Gasteiger partial charge is 0.315 e. The van der Waals surface area contributed by atoms with Crippen LogP contribution in [0.3, 0.4) is 0 Å². The standard InChI is InChI=1S/C13H27N3/c1-11(2)16-8-5-12(6-9-16)15(3)13-4-7-14-10-13/h11-14H,4-10H2,1-3H3. The summed E-state index contributed by atoms with van der Waals surface area (Å²) in [6.45, 7) is 9.59. The Morgan fingerprint density at radius 3 is 2.31 bits per heavy atom. The van der Waals surface area contributed by atoms with Gasteiger partial charge in [0.25, 0.3) is 0 Å². The van der Waals surface area contributed by atoms with Crippen LogP contribution in [0.1, 0.15) is 33.1 Å². The molecule has 2 rings (SSSR count). The molecule has 1 N–H and O–H groups in total. The number of nitrogens with one attached hydrogen (secondary N) is 1. The number of likely N-dealkylation sites (tertiary alicyclic amines) is 1. The molecule has 2 heterocycles. The highest BCUT2D eigenvalue weighted by Gasteiger charge is 2.28. The van der Waals surface area contributed by atoms with Gasteiger partial charge in [-0.1, -0.05) is 0 Å². The normalized spacial score (nSPS) is 29.4. The summed E-state index contributed by atoms with van der Waals surface area (Å²) < 4.78 is 0. The molecule has 2 fully saturated rings. The summed E-state index contributed by atoms with van der Waals surface area (Å²) in [6.07, 6.45) is 4.04. The quantitative estimate of drug-likeness (QED) is 0.777. The van der Waals surface area contributed by atoms with Gasteiger partial charge in [-0.3, -0.25) is 4.90 Å². The number of rotatable bonds is 3. The topological polar surface area (TPSA) is 18.5 Å². The minimum Gasteiger partial charge on any atom is -0.315 e. The van der Waals surface area contributed by atoms with Crippen LogP contribution in [-0.2, 0) is 0 Å². The molecule has 3 nitrogen and oxygen atoms in total. The molecule has 0 aromatic heterocycles. The van der Waals surface area contributed by atoms with Gasteiger partial charge in [-0.15, -0.1) is 0 Å². The lowest BCUT2D eigenvalue weighted by Crippen LogP contribution is -2.49. The fourth-order valence-corrected chi connectivity index (χ4v) is 3.09. The summed E-state index contributed by atoms with van der Waals surface area (Å²) >= 11 is 0. The van der Waals surface area contributed by atoms with E-state index in [4.69, 9.17) is 0 Å². The van der Waals surface area contributed by atoms with E-state index in [1.54, 1.807) is 0 Å². The van der Waals surface area contributed by atoms with Crippen LogP contribution in [-0.4, -0.2) is 61.2 Å². The molecule has 94 valence electrons. The molecule has 16 heavy (non-hydrogen) atoms. The summed E-state index contributed by atoms with van der Waals surface area (Å²) in [4.78, 5) is 5.24. The van der Waals surface area contributed by atoms with Crippen LogP contribution in [0.25, 0.3) is 0 Å². The van der Waals surface area contributed by atoms with E-state index in [2.05, 4.69) is 36.0 Å². The Labute approximate surface area is 100 Å². The van der Waals surface area contributed by atoms with Crippen LogP contribution in [0.5, 0.6) is 0 Å². The average Bonchev–Trinajstić information content (AvgIpc) is 2.81. The van der Waals surface area contributed by atoms with Gasteiger partial charge < -0.3 is 10.2 Å². The molecule has 0 saturated carbocycles. The van der Waals surface area contributed by atoms with Gasteiger partial charge in [0.15, 0.2) is 0 Å². The lowest BCUT2D eigenvalue weighted by molar-refractivity contribution is 0.0871. The van der Waals surface area contributed by atoms with E-state index in [1.807, 2.05) is 0 Å². The van der Waals surface area contributed by atoms with E-state index in [0.717, 1.165) is 18.1 Å². The van der Waals surface area contributed by atoms with E-state index in [9.17, 15) is 0 Å². The Bertz CT molecular complexity index is 203. The van der Waals surface area contributed by atoms with Gasteiger partial charge in [0.2, 0.25) is 0 Å². The Kier molecular flexibility index (Phi) is 4.22. The molecular weight excluding hydrogens is 198 g/mol. The minimum absolute atomic E-state index is 0.722. The minimum atomic E-state index is 0.722. The third-order valence-corrected chi connectivity index (χ3v) is 4.42. The van der Waals surface area contributed by atoms with Crippen molar-refractivity contribution < 1.29 is 0 Å². The summed E-state index contributed by atoms with van der Waals surface area (Å²) in [7, 11) is 2.33. The Hall–Kier alpha value is -0.120. The van der Waals surface area contributed by atoms with Gasteiger partial charge >= 0.3 is 0 Å². The van der Waals surface area contributed by atoms with Crippen molar-refractivity contribution in [1.29, 1.82) is 0 Å². The monoisotopic (exact) mass is 225 g/mol. The summed E-state index contributed by atoms with van der Waals surface area (Å²) in [5.41, 5.74) is 0. The van der Waals surface area contributed by atoms with Crippen molar-refractivity contribution in [3.63, 3.8) is 0 Å². The van der Waals surface area contributed by atoms with Crippen molar-refractivity contribution in [1.82, 2.24) is 15.1 Å². The van der Waals surface area contributed by atoms with Gasteiger partial charge in [-0.05, 0) is 59.8 Å². The van der Waals surface area contributed by atoms with E-state index in [0.29, 0.717) is 0 Å². The van der Waals surface area contributed by atoms with Crippen molar-refractivity contribution in [2.45, 2.75) is 51.2 Å². The maximum atomic E-state index is 3.47. The zero-order valence-electron chi connectivity index (χ0n) is 11.1. The molecule has 0 aliphatic carbocycles. The number of piperidine rings is 1. The highest BCUT2D eigenvalue weighted by molar-refractivity contribution is 4.86. The molecule has 3 heteroatoms. The summed E-state index contributed by atoms with van der Waals surface area (Å²) in [6, 6.07) is 2.33. The Morgan fingerprint density at radius 2 is 1.81 bits per heavy atom. The third kappa shape index (κ3) is 2.76. The van der Waals surface area contributed by atoms with Crippen LogP contribution in [0, 0.1) is 0 Å². The lowest BCUT2D eigenvalue weighted by atomic mass is 10.0. The molecule has 2 aliphatic rings. The molecule has 0 radical (unpaired) electrons. The predicted molar refractivity (Wildman–Crippen MR) is 68.8 cm³/mol. The van der Waals surface area contributed by atoms with Gasteiger partial charge in [-0.2, -0.15) is 0 Å². The molecule has 1 unspecified atom stereocenters. The highest BCUT2D eigenvalue weighted by Crippen LogP contribution is 2.20. The Morgan fingerprint density at radius 1 is 1.12 bits per heavy atom. The zero-order valence-corrected chi connectivity index (χ0v) is 11.1. The SMILES string of the molecule is CC(C)N1CCC(N(C)C2CCNC2)CC1. The highest BCUT2D eigenvalue weighted by atomic mass is 15.2. The maximum Gasteiger partial charge on any atom is 0.0232 e. The molecule has 0 aromatic carbocycles. The molecule has 1 atom stereocenters. The molecule has 0 aromatic rings. The van der Waals surface area contributed by atoms with E-state index in [-0.39, 0.29) is 0 Å². The van der Waals surface area contributed by atoms with Crippen molar-refractivity contribution in [3.05, 3.63) is 0 Å². The van der Waals surface area contributed by atoms with Crippen LogP contribution < -0.4 is 5.32 Å². The molecular formula is C13H27N3. The summed E-state index contributed by atoms with van der Waals surface area (Å²) in [5.74, 6) is 0. The molecule has 2 aliphatic heterocycles. The first kappa shape index (κ1) is 12.3. The van der Waals surface area contributed by atoms with Crippen molar-refractivity contribution >= 4 is 0 Å². The van der Waals surface area contributed by atoms with Crippen molar-refractivity contribution in [2.75, 3.05) is 33.2 Å². The average molecular weight is 225 g/mol. The third-order valence-electron chi connectivity index (χ3n) is 4.42. The second-order valence-corrected chi connectivity index (χ2v) is 5.67. The lowest BCUT2D eigenvalue weighted by Gasteiger charge is -2.40. The first-order chi connectivity index (χ1) is 7.68. The number of likely N-dealkylation sites (N-methyl/N-ethyl adjacent to an activating group) is 1. The molecule has 2 saturated heterocycles. The van der Waals surface area contributed by atoms with Crippen LogP contribution in [0.15, 0.2) is 0 Å². The fourth-order valence-electron chi connectivity index (χ4n) is 3.09. The van der Waals surface area contributed by atoms with Gasteiger partial charge in [-0.25, -0.2) is 0 Å². The van der Waals surface area contributed by atoms with Crippen LogP contribution >= 0.6 is 0 Å². The van der Waals surface area contributed by atoms with Gasteiger partial charge in [0.1, 0.15) is 0 Å². The number of nitrogens with zero attached hydrogens (tertiary/aromatic N) is 2. The number of hydrogen-bond donors (Lipinski definition) is 1. The van der Waals surface area contributed by atoms with Gasteiger partial charge in [0, 0.05) is 24.7 Å². The second kappa shape index (κ2) is 5.48. The Balaban J connectivity index is 1.79. The van der Waals surface area contributed by atoms with Crippen LogP contribution in [0.2, 0.25) is 0 Å². The van der Waals surface area contributed by atoms with Crippen molar-refractivity contribution in [2.24, 2.45) is 0 Å². The number of hydrogen-bond acceptors (Lipinski definition) is 3. The molecule has 0 spiro atoms. The molecule has 0 bridgehead atoms. The first-order valence-electron chi connectivity index (χ1n) is 6.85. The second-order valence-electron chi connectivity index (χ2n) is 5.67. The first-order valence-corrected chi connectivity index (χ1v) is 6.85. The maximum absolute atomic E-state index is 3.47. The fraction of sp³-hybridized carbons (Fsp3) is 1.00. The smallest absolute Gasteiger partial charge is 0.0232 e. The van der Waals surface area contributed by atoms with Crippen molar-refractivity contribution in [3.8, 4) is 0 Å².